The van der Waals surface area contributed by atoms with Crippen molar-refractivity contribution in [2.75, 3.05) is 37.6 Å². The molecule has 30 heavy (non-hydrogen) atoms. The molecule has 0 radical (unpaired) electrons. The number of carbonyl (C=O) groups excluding carboxylic acids is 1. The average molecular weight is 417 g/mol. The Labute approximate surface area is 180 Å². The van der Waals surface area contributed by atoms with Crippen molar-refractivity contribution in [3.05, 3.63) is 23.9 Å². The topological polar surface area (TPSA) is 82.1 Å². The molecule has 8 nitrogen and oxygen atoms in total. The van der Waals surface area contributed by atoms with E-state index < -0.39 is 5.60 Å². The van der Waals surface area contributed by atoms with Crippen molar-refractivity contribution in [1.29, 1.82) is 0 Å². The van der Waals surface area contributed by atoms with Gasteiger partial charge in [0.15, 0.2) is 5.96 Å². The van der Waals surface area contributed by atoms with Crippen molar-refractivity contribution < 1.29 is 9.53 Å². The highest BCUT2D eigenvalue weighted by atomic mass is 16.6. The van der Waals surface area contributed by atoms with Crippen LogP contribution in [0, 0.1) is 0 Å². The number of hydrogen-bond donors (Lipinski definition) is 2. The summed E-state index contributed by atoms with van der Waals surface area (Å²) in [5, 5.41) is 6.36. The van der Waals surface area contributed by atoms with Crippen molar-refractivity contribution in [1.82, 2.24) is 20.5 Å². The fourth-order valence-electron chi connectivity index (χ4n) is 3.81. The van der Waals surface area contributed by atoms with Gasteiger partial charge in [0.2, 0.25) is 0 Å². The van der Waals surface area contributed by atoms with E-state index in [4.69, 9.17) is 9.73 Å². The quantitative estimate of drug-likeness (QED) is 0.567. The molecule has 0 aliphatic carbocycles. The zero-order valence-corrected chi connectivity index (χ0v) is 18.8. The monoisotopic (exact) mass is 416 g/mol. The summed E-state index contributed by atoms with van der Waals surface area (Å²) in [6.07, 6.45) is 4.87. The molecule has 1 atom stereocenters. The third-order valence-corrected chi connectivity index (χ3v) is 5.19. The van der Waals surface area contributed by atoms with Crippen LogP contribution in [-0.4, -0.2) is 66.3 Å². The van der Waals surface area contributed by atoms with Crippen LogP contribution < -0.4 is 15.5 Å². The molecule has 0 bridgehead atoms. The number of likely N-dealkylation sites (tertiary alicyclic amines) is 1. The Morgan fingerprint density at radius 2 is 2.07 bits per heavy atom. The first kappa shape index (κ1) is 22.2. The standard InChI is InChI=1S/C22H36N6O2/c1-5-23-20(28-13-9-18(16-28)26-21(29)30-22(2,3)4)25-15-17-8-10-24-19(14-17)27-11-6-7-12-27/h8,10,14,18H,5-7,9,11-13,15-16H2,1-4H3,(H,23,25)(H,26,29). The number of hydrogen-bond acceptors (Lipinski definition) is 5. The van der Waals surface area contributed by atoms with Gasteiger partial charge in [-0.15, -0.1) is 0 Å². The third-order valence-electron chi connectivity index (χ3n) is 5.19. The van der Waals surface area contributed by atoms with Gasteiger partial charge in [0.25, 0.3) is 0 Å². The van der Waals surface area contributed by atoms with Crippen molar-refractivity contribution >= 4 is 17.9 Å². The second-order valence-electron chi connectivity index (χ2n) is 8.96. The van der Waals surface area contributed by atoms with Gasteiger partial charge in [0.05, 0.1) is 12.6 Å². The lowest BCUT2D eigenvalue weighted by atomic mass is 10.2. The molecule has 3 heterocycles. The summed E-state index contributed by atoms with van der Waals surface area (Å²) >= 11 is 0. The Balaban J connectivity index is 1.58. The molecule has 8 heteroatoms. The van der Waals surface area contributed by atoms with E-state index >= 15 is 0 Å². The third kappa shape index (κ3) is 6.50. The van der Waals surface area contributed by atoms with Gasteiger partial charge in [-0.1, -0.05) is 0 Å². The molecule has 0 spiro atoms. The summed E-state index contributed by atoms with van der Waals surface area (Å²) in [6.45, 7) is 12.8. The van der Waals surface area contributed by atoms with Gasteiger partial charge in [-0.3, -0.25) is 0 Å². The molecular formula is C22H36N6O2. The molecule has 2 aliphatic rings. The highest BCUT2D eigenvalue weighted by molar-refractivity contribution is 5.80. The van der Waals surface area contributed by atoms with Gasteiger partial charge >= 0.3 is 6.09 Å². The zero-order valence-electron chi connectivity index (χ0n) is 18.8. The maximum absolute atomic E-state index is 12.1. The number of aromatic nitrogens is 1. The number of rotatable bonds is 5. The second kappa shape index (κ2) is 10.00. The average Bonchev–Trinajstić information content (AvgIpc) is 3.36. The first-order chi connectivity index (χ1) is 14.3. The minimum Gasteiger partial charge on any atom is -0.444 e. The van der Waals surface area contributed by atoms with E-state index in [0.29, 0.717) is 6.54 Å². The van der Waals surface area contributed by atoms with Crippen molar-refractivity contribution in [2.24, 2.45) is 4.99 Å². The lowest BCUT2D eigenvalue weighted by Crippen LogP contribution is -2.44. The van der Waals surface area contributed by atoms with Crippen LogP contribution in [0.1, 0.15) is 52.5 Å². The number of guanidine groups is 1. The van der Waals surface area contributed by atoms with Gasteiger partial charge in [0.1, 0.15) is 11.4 Å². The fraction of sp³-hybridized carbons (Fsp3) is 0.682. The molecule has 2 N–H and O–H groups in total. The van der Waals surface area contributed by atoms with E-state index in [0.717, 1.165) is 56.5 Å². The first-order valence-electron chi connectivity index (χ1n) is 11.1. The molecule has 1 amide bonds. The fourth-order valence-corrected chi connectivity index (χ4v) is 3.81. The van der Waals surface area contributed by atoms with Crippen LogP contribution >= 0.6 is 0 Å². The minimum atomic E-state index is -0.489. The van der Waals surface area contributed by atoms with Gasteiger partial charge in [-0.2, -0.15) is 0 Å². The Morgan fingerprint density at radius 3 is 2.77 bits per heavy atom. The number of aliphatic imine (C=N–C) groups is 1. The number of carbonyl (C=O) groups is 1. The molecule has 2 saturated heterocycles. The van der Waals surface area contributed by atoms with Crippen LogP contribution in [0.3, 0.4) is 0 Å². The van der Waals surface area contributed by atoms with Gasteiger partial charge < -0.3 is 25.2 Å². The molecule has 1 aromatic rings. The lowest BCUT2D eigenvalue weighted by molar-refractivity contribution is 0.0507. The number of nitrogens with one attached hydrogen (secondary N) is 2. The Kier molecular flexibility index (Phi) is 7.39. The molecular weight excluding hydrogens is 380 g/mol. The predicted octanol–water partition coefficient (Wildman–Crippen LogP) is 2.75. The maximum atomic E-state index is 12.1. The van der Waals surface area contributed by atoms with Crippen LogP contribution in [0.15, 0.2) is 23.3 Å². The molecule has 1 unspecified atom stereocenters. The summed E-state index contributed by atoms with van der Waals surface area (Å²) in [5.41, 5.74) is 0.668. The Morgan fingerprint density at radius 1 is 1.30 bits per heavy atom. The summed E-state index contributed by atoms with van der Waals surface area (Å²) in [6, 6.07) is 4.24. The van der Waals surface area contributed by atoms with Crippen LogP contribution in [0.4, 0.5) is 10.6 Å². The van der Waals surface area contributed by atoms with Crippen LogP contribution in [0.5, 0.6) is 0 Å². The highest BCUT2D eigenvalue weighted by Crippen LogP contribution is 2.19. The van der Waals surface area contributed by atoms with Crippen molar-refractivity contribution in [3.63, 3.8) is 0 Å². The van der Waals surface area contributed by atoms with E-state index in [9.17, 15) is 4.79 Å². The van der Waals surface area contributed by atoms with Crippen molar-refractivity contribution in [2.45, 2.75) is 65.1 Å². The van der Waals surface area contributed by atoms with Crippen LogP contribution in [0.2, 0.25) is 0 Å². The van der Waals surface area contributed by atoms with Crippen LogP contribution in [-0.2, 0) is 11.3 Å². The molecule has 2 fully saturated rings. The molecule has 1 aromatic heterocycles. The number of ether oxygens (including phenoxy) is 1. The number of alkyl carbamates (subject to hydrolysis) is 1. The van der Waals surface area contributed by atoms with E-state index in [1.54, 1.807) is 0 Å². The van der Waals surface area contributed by atoms with Gasteiger partial charge in [0, 0.05) is 38.9 Å². The largest absolute Gasteiger partial charge is 0.444 e. The SMILES string of the molecule is CCNC(=NCc1ccnc(N2CCCC2)c1)N1CCC(NC(=O)OC(C)(C)C)C1. The zero-order chi connectivity index (χ0) is 21.6. The number of pyridine rings is 1. The van der Waals surface area contributed by atoms with Crippen molar-refractivity contribution in [3.8, 4) is 0 Å². The van der Waals surface area contributed by atoms with E-state index in [1.807, 2.05) is 33.0 Å². The first-order valence-corrected chi connectivity index (χ1v) is 11.1. The highest BCUT2D eigenvalue weighted by Gasteiger charge is 2.27. The van der Waals surface area contributed by atoms with Gasteiger partial charge in [-0.25, -0.2) is 14.8 Å². The molecule has 3 rings (SSSR count). The molecule has 166 valence electrons. The summed E-state index contributed by atoms with van der Waals surface area (Å²) in [7, 11) is 0. The Hall–Kier alpha value is -2.51. The smallest absolute Gasteiger partial charge is 0.407 e. The lowest BCUT2D eigenvalue weighted by Gasteiger charge is -2.23. The van der Waals surface area contributed by atoms with E-state index in [1.165, 1.54) is 12.8 Å². The summed E-state index contributed by atoms with van der Waals surface area (Å²) in [5.74, 6) is 1.93. The molecule has 0 aromatic carbocycles. The predicted molar refractivity (Wildman–Crippen MR) is 120 cm³/mol. The molecule has 0 saturated carbocycles. The van der Waals surface area contributed by atoms with E-state index in [2.05, 4.69) is 38.4 Å². The van der Waals surface area contributed by atoms with Crippen LogP contribution in [0.25, 0.3) is 0 Å². The summed E-state index contributed by atoms with van der Waals surface area (Å²) < 4.78 is 5.38. The number of anilines is 1. The second-order valence-corrected chi connectivity index (χ2v) is 8.96. The normalized spacial score (nSPS) is 19.9. The molecule has 2 aliphatic heterocycles. The number of nitrogens with zero attached hydrogens (tertiary/aromatic N) is 4. The number of amides is 1. The van der Waals surface area contributed by atoms with Gasteiger partial charge in [-0.05, 0) is 64.7 Å². The summed E-state index contributed by atoms with van der Waals surface area (Å²) in [4.78, 5) is 26.0. The minimum absolute atomic E-state index is 0.0615. The maximum Gasteiger partial charge on any atom is 0.407 e. The Bertz CT molecular complexity index is 739. The van der Waals surface area contributed by atoms with E-state index in [-0.39, 0.29) is 12.1 Å².